The Morgan fingerprint density at radius 1 is 1.36 bits per heavy atom. The van der Waals surface area contributed by atoms with Crippen molar-refractivity contribution < 1.29 is 9.15 Å². The molecule has 0 spiro atoms. The van der Waals surface area contributed by atoms with Crippen molar-refractivity contribution in [3.8, 4) is 0 Å². The summed E-state index contributed by atoms with van der Waals surface area (Å²) in [6, 6.07) is 3.98. The van der Waals surface area contributed by atoms with Crippen molar-refractivity contribution in [1.29, 1.82) is 0 Å². The van der Waals surface area contributed by atoms with Crippen LogP contribution >= 0.6 is 0 Å². The third-order valence-electron chi connectivity index (χ3n) is 1.50. The van der Waals surface area contributed by atoms with Gasteiger partial charge in [-0.1, -0.05) is 6.92 Å². The van der Waals surface area contributed by atoms with Crippen molar-refractivity contribution in [3.63, 3.8) is 0 Å². The minimum atomic E-state index is 0.573. The average molecular weight is 154 g/mol. The van der Waals surface area contributed by atoms with Gasteiger partial charge in [-0.05, 0) is 18.6 Å². The van der Waals surface area contributed by atoms with Crippen LogP contribution < -0.4 is 0 Å². The number of furan rings is 1. The van der Waals surface area contributed by atoms with Crippen LogP contribution in [0.25, 0.3) is 0 Å². The van der Waals surface area contributed by atoms with E-state index in [9.17, 15) is 0 Å². The molecule has 1 heterocycles. The van der Waals surface area contributed by atoms with Gasteiger partial charge < -0.3 is 9.15 Å². The molecule has 11 heavy (non-hydrogen) atoms. The molecule has 1 rings (SSSR count). The van der Waals surface area contributed by atoms with Crippen LogP contribution in [0.4, 0.5) is 0 Å². The van der Waals surface area contributed by atoms with Crippen molar-refractivity contribution >= 4 is 0 Å². The fourth-order valence-corrected chi connectivity index (χ4v) is 1.02. The zero-order valence-electron chi connectivity index (χ0n) is 7.09. The van der Waals surface area contributed by atoms with E-state index in [0.717, 1.165) is 24.4 Å². The molecule has 62 valence electrons. The first kappa shape index (κ1) is 8.34. The maximum absolute atomic E-state index is 5.44. The summed E-state index contributed by atoms with van der Waals surface area (Å²) in [5.41, 5.74) is 0. The first-order valence-corrected chi connectivity index (χ1v) is 3.93. The Kier molecular flexibility index (Phi) is 3.17. The van der Waals surface area contributed by atoms with Gasteiger partial charge in [-0.15, -0.1) is 0 Å². The average Bonchev–Trinajstić information content (AvgIpc) is 2.38. The Labute approximate surface area is 67.2 Å². The van der Waals surface area contributed by atoms with E-state index >= 15 is 0 Å². The minimum absolute atomic E-state index is 0.573. The normalized spacial score (nSPS) is 10.4. The van der Waals surface area contributed by atoms with Crippen LogP contribution in [0.3, 0.4) is 0 Å². The largest absolute Gasteiger partial charge is 0.464 e. The molecule has 0 aliphatic carbocycles. The van der Waals surface area contributed by atoms with E-state index in [1.807, 2.05) is 12.1 Å². The molecule has 0 aliphatic heterocycles. The predicted octanol–water partition coefficient (Wildman–Crippen LogP) is 2.38. The molecule has 1 aromatic heterocycles. The highest BCUT2D eigenvalue weighted by Crippen LogP contribution is 2.10. The van der Waals surface area contributed by atoms with Gasteiger partial charge in [0.2, 0.25) is 0 Å². The lowest BCUT2D eigenvalue weighted by Gasteiger charge is -1.93. The lowest BCUT2D eigenvalue weighted by Crippen LogP contribution is -1.82. The second kappa shape index (κ2) is 4.19. The molecule has 0 amide bonds. The second-order valence-corrected chi connectivity index (χ2v) is 2.55. The molecule has 2 nitrogen and oxygen atoms in total. The SMILES string of the molecule is CCCc1ccc(COC)o1. The van der Waals surface area contributed by atoms with Crippen LogP contribution in [0.2, 0.25) is 0 Å². The highest BCUT2D eigenvalue weighted by molar-refractivity contribution is 5.06. The van der Waals surface area contributed by atoms with Crippen LogP contribution in [-0.4, -0.2) is 7.11 Å². The van der Waals surface area contributed by atoms with Crippen molar-refractivity contribution in [3.05, 3.63) is 23.7 Å². The molecule has 0 bridgehead atoms. The molecule has 0 aliphatic rings. The van der Waals surface area contributed by atoms with E-state index in [0.29, 0.717) is 6.61 Å². The topological polar surface area (TPSA) is 22.4 Å². The maximum Gasteiger partial charge on any atom is 0.129 e. The Hall–Kier alpha value is -0.760. The Bertz CT molecular complexity index is 183. The van der Waals surface area contributed by atoms with Gasteiger partial charge in [-0.3, -0.25) is 0 Å². The van der Waals surface area contributed by atoms with Crippen molar-refractivity contribution in [2.24, 2.45) is 0 Å². The lowest BCUT2D eigenvalue weighted by molar-refractivity contribution is 0.162. The summed E-state index contributed by atoms with van der Waals surface area (Å²) in [4.78, 5) is 0. The van der Waals surface area contributed by atoms with E-state index < -0.39 is 0 Å². The quantitative estimate of drug-likeness (QED) is 0.664. The molecule has 0 N–H and O–H groups in total. The van der Waals surface area contributed by atoms with Crippen LogP contribution in [0, 0.1) is 0 Å². The fraction of sp³-hybridized carbons (Fsp3) is 0.556. The molecular formula is C9H14O2. The summed E-state index contributed by atoms with van der Waals surface area (Å²) in [6.45, 7) is 2.71. The van der Waals surface area contributed by atoms with E-state index in [1.54, 1.807) is 7.11 Å². The second-order valence-electron chi connectivity index (χ2n) is 2.55. The standard InChI is InChI=1S/C9H14O2/c1-3-4-8-5-6-9(11-8)7-10-2/h5-6H,3-4,7H2,1-2H3. The number of hydrogen-bond donors (Lipinski definition) is 0. The minimum Gasteiger partial charge on any atom is -0.464 e. The Morgan fingerprint density at radius 2 is 2.09 bits per heavy atom. The van der Waals surface area contributed by atoms with Crippen molar-refractivity contribution in [2.75, 3.05) is 7.11 Å². The summed E-state index contributed by atoms with van der Waals surface area (Å²) in [5.74, 6) is 1.97. The van der Waals surface area contributed by atoms with E-state index in [-0.39, 0.29) is 0 Å². The highest BCUT2D eigenvalue weighted by atomic mass is 16.5. The van der Waals surface area contributed by atoms with Gasteiger partial charge in [0.15, 0.2) is 0 Å². The molecule has 0 radical (unpaired) electrons. The van der Waals surface area contributed by atoms with Gasteiger partial charge in [-0.2, -0.15) is 0 Å². The monoisotopic (exact) mass is 154 g/mol. The van der Waals surface area contributed by atoms with Crippen LogP contribution in [0.1, 0.15) is 24.9 Å². The summed E-state index contributed by atoms with van der Waals surface area (Å²) in [6.07, 6.45) is 2.14. The van der Waals surface area contributed by atoms with Gasteiger partial charge in [0.1, 0.15) is 18.1 Å². The molecule has 2 heteroatoms. The first-order chi connectivity index (χ1) is 5.36. The number of ether oxygens (including phenoxy) is 1. The predicted molar refractivity (Wildman–Crippen MR) is 43.4 cm³/mol. The third kappa shape index (κ3) is 2.39. The van der Waals surface area contributed by atoms with Gasteiger partial charge in [0.05, 0.1) is 0 Å². The number of hydrogen-bond acceptors (Lipinski definition) is 2. The smallest absolute Gasteiger partial charge is 0.129 e. The molecular weight excluding hydrogens is 140 g/mol. The molecule has 0 atom stereocenters. The lowest BCUT2D eigenvalue weighted by atomic mass is 10.3. The van der Waals surface area contributed by atoms with E-state index in [2.05, 4.69) is 6.92 Å². The van der Waals surface area contributed by atoms with Gasteiger partial charge in [0, 0.05) is 13.5 Å². The van der Waals surface area contributed by atoms with Crippen molar-refractivity contribution in [2.45, 2.75) is 26.4 Å². The Balaban J connectivity index is 2.51. The zero-order chi connectivity index (χ0) is 8.10. The van der Waals surface area contributed by atoms with Gasteiger partial charge >= 0.3 is 0 Å². The van der Waals surface area contributed by atoms with Gasteiger partial charge in [-0.25, -0.2) is 0 Å². The Morgan fingerprint density at radius 3 is 2.73 bits per heavy atom. The zero-order valence-corrected chi connectivity index (χ0v) is 7.09. The van der Waals surface area contributed by atoms with Crippen LogP contribution in [0.5, 0.6) is 0 Å². The fourth-order valence-electron chi connectivity index (χ4n) is 1.02. The summed E-state index contributed by atoms with van der Waals surface area (Å²) in [7, 11) is 1.67. The number of rotatable bonds is 4. The third-order valence-corrected chi connectivity index (χ3v) is 1.50. The summed E-state index contributed by atoms with van der Waals surface area (Å²) in [5, 5.41) is 0. The van der Waals surface area contributed by atoms with E-state index in [4.69, 9.17) is 9.15 Å². The molecule has 0 unspecified atom stereocenters. The van der Waals surface area contributed by atoms with E-state index in [1.165, 1.54) is 0 Å². The van der Waals surface area contributed by atoms with Crippen LogP contribution in [-0.2, 0) is 17.8 Å². The highest BCUT2D eigenvalue weighted by Gasteiger charge is 1.99. The van der Waals surface area contributed by atoms with Crippen LogP contribution in [0.15, 0.2) is 16.5 Å². The molecule has 0 saturated carbocycles. The maximum atomic E-state index is 5.44. The van der Waals surface area contributed by atoms with Gasteiger partial charge in [0.25, 0.3) is 0 Å². The summed E-state index contributed by atoms with van der Waals surface area (Å²) < 4.78 is 10.4. The molecule has 0 fully saturated rings. The molecule has 0 saturated heterocycles. The first-order valence-electron chi connectivity index (χ1n) is 3.93. The van der Waals surface area contributed by atoms with Crippen molar-refractivity contribution in [1.82, 2.24) is 0 Å². The number of methoxy groups -OCH3 is 1. The molecule has 0 aromatic carbocycles. The number of aryl methyl sites for hydroxylation is 1. The molecule has 1 aromatic rings. The summed E-state index contributed by atoms with van der Waals surface area (Å²) >= 11 is 0.